The van der Waals surface area contributed by atoms with Crippen molar-refractivity contribution in [1.29, 1.82) is 0 Å². The van der Waals surface area contributed by atoms with Crippen LogP contribution in [0.1, 0.15) is 31.7 Å². The van der Waals surface area contributed by atoms with Crippen LogP contribution >= 0.6 is 23.2 Å². The van der Waals surface area contributed by atoms with E-state index in [0.717, 1.165) is 23.3 Å². The van der Waals surface area contributed by atoms with Crippen LogP contribution in [0.3, 0.4) is 0 Å². The molecule has 0 heterocycles. The molecule has 0 amide bonds. The van der Waals surface area contributed by atoms with Crippen molar-refractivity contribution >= 4 is 23.2 Å². The Morgan fingerprint density at radius 1 is 1.33 bits per heavy atom. The first-order valence-corrected chi connectivity index (χ1v) is 7.47. The van der Waals surface area contributed by atoms with Gasteiger partial charge in [0, 0.05) is 16.1 Å². The number of halogens is 2. The molecule has 1 aliphatic rings. The molecule has 0 aromatic heterocycles. The van der Waals surface area contributed by atoms with E-state index in [4.69, 9.17) is 23.2 Å². The fourth-order valence-corrected chi connectivity index (χ4v) is 3.53. The van der Waals surface area contributed by atoms with E-state index in [1.54, 1.807) is 0 Å². The Bertz CT molecular complexity index is 405. The average molecular weight is 286 g/mol. The fraction of sp³-hybridized carbons (Fsp3) is 0.600. The summed E-state index contributed by atoms with van der Waals surface area (Å²) in [5.41, 5.74) is 1.19. The van der Waals surface area contributed by atoms with Gasteiger partial charge in [-0.05, 0) is 55.8 Å². The maximum Gasteiger partial charge on any atom is 0.0453 e. The fourth-order valence-electron chi connectivity index (χ4n) is 3.05. The molecule has 100 valence electrons. The van der Waals surface area contributed by atoms with Gasteiger partial charge in [0.2, 0.25) is 0 Å². The van der Waals surface area contributed by atoms with E-state index in [2.05, 4.69) is 19.3 Å². The SMILES string of the molecule is CNC(Cc1ccc(Cl)cc1Cl)C1CCC(C)C1. The predicted octanol–water partition coefficient (Wildman–Crippen LogP) is 4.56. The maximum atomic E-state index is 6.25. The van der Waals surface area contributed by atoms with E-state index in [1.165, 1.54) is 24.8 Å². The number of hydrogen-bond acceptors (Lipinski definition) is 1. The number of nitrogens with one attached hydrogen (secondary N) is 1. The Morgan fingerprint density at radius 3 is 2.67 bits per heavy atom. The first-order valence-electron chi connectivity index (χ1n) is 6.71. The lowest BCUT2D eigenvalue weighted by atomic mass is 9.91. The van der Waals surface area contributed by atoms with E-state index in [0.29, 0.717) is 11.1 Å². The van der Waals surface area contributed by atoms with Gasteiger partial charge < -0.3 is 5.32 Å². The highest BCUT2D eigenvalue weighted by atomic mass is 35.5. The van der Waals surface area contributed by atoms with Crippen molar-refractivity contribution in [3.63, 3.8) is 0 Å². The van der Waals surface area contributed by atoms with Crippen LogP contribution in [-0.2, 0) is 6.42 Å². The van der Waals surface area contributed by atoms with Crippen LogP contribution in [0.2, 0.25) is 10.0 Å². The van der Waals surface area contributed by atoms with E-state index in [-0.39, 0.29) is 0 Å². The summed E-state index contributed by atoms with van der Waals surface area (Å²) in [6.07, 6.45) is 5.01. The van der Waals surface area contributed by atoms with Gasteiger partial charge in [-0.1, -0.05) is 42.6 Å². The molecule has 2 rings (SSSR count). The van der Waals surface area contributed by atoms with Crippen LogP contribution in [0.15, 0.2) is 18.2 Å². The zero-order valence-electron chi connectivity index (χ0n) is 11.0. The third-order valence-electron chi connectivity index (χ3n) is 4.13. The molecule has 3 atom stereocenters. The molecule has 18 heavy (non-hydrogen) atoms. The van der Waals surface area contributed by atoms with Gasteiger partial charge in [-0.25, -0.2) is 0 Å². The molecular weight excluding hydrogens is 265 g/mol. The molecule has 1 nitrogen and oxygen atoms in total. The van der Waals surface area contributed by atoms with Gasteiger partial charge in [0.05, 0.1) is 0 Å². The molecule has 1 aliphatic carbocycles. The highest BCUT2D eigenvalue weighted by molar-refractivity contribution is 6.35. The monoisotopic (exact) mass is 285 g/mol. The van der Waals surface area contributed by atoms with Crippen LogP contribution in [0, 0.1) is 11.8 Å². The number of rotatable bonds is 4. The lowest BCUT2D eigenvalue weighted by molar-refractivity contribution is 0.367. The van der Waals surface area contributed by atoms with Crippen molar-refractivity contribution in [1.82, 2.24) is 5.32 Å². The molecule has 3 heteroatoms. The standard InChI is InChI=1S/C15H21Cl2N/c1-10-3-4-12(7-10)15(18-2)8-11-5-6-13(16)9-14(11)17/h5-6,9-10,12,15,18H,3-4,7-8H2,1-2H3. The quantitative estimate of drug-likeness (QED) is 0.855. The largest absolute Gasteiger partial charge is 0.316 e. The molecule has 1 aromatic carbocycles. The Hall–Kier alpha value is -0.240. The van der Waals surface area contributed by atoms with Crippen molar-refractivity contribution < 1.29 is 0 Å². The summed E-state index contributed by atoms with van der Waals surface area (Å²) < 4.78 is 0. The normalized spacial score (nSPS) is 25.3. The summed E-state index contributed by atoms with van der Waals surface area (Å²) in [5, 5.41) is 4.96. The molecule has 0 bridgehead atoms. The average Bonchev–Trinajstić information content (AvgIpc) is 2.75. The van der Waals surface area contributed by atoms with Gasteiger partial charge in [0.25, 0.3) is 0 Å². The van der Waals surface area contributed by atoms with Crippen molar-refractivity contribution in [3.05, 3.63) is 33.8 Å². The van der Waals surface area contributed by atoms with E-state index in [9.17, 15) is 0 Å². The Morgan fingerprint density at radius 2 is 2.11 bits per heavy atom. The van der Waals surface area contributed by atoms with Gasteiger partial charge in [-0.2, -0.15) is 0 Å². The molecule has 0 spiro atoms. The first kappa shape index (κ1) is 14.2. The van der Waals surface area contributed by atoms with E-state index in [1.807, 2.05) is 18.2 Å². The van der Waals surface area contributed by atoms with Crippen LogP contribution < -0.4 is 5.32 Å². The lowest BCUT2D eigenvalue weighted by Gasteiger charge is -2.23. The second-order valence-electron chi connectivity index (χ2n) is 5.51. The molecule has 1 fully saturated rings. The number of likely N-dealkylation sites (N-methyl/N-ethyl adjacent to an activating group) is 1. The summed E-state index contributed by atoms with van der Waals surface area (Å²) in [4.78, 5) is 0. The first-order chi connectivity index (χ1) is 8.60. The van der Waals surface area contributed by atoms with Crippen molar-refractivity contribution in [2.24, 2.45) is 11.8 Å². The lowest BCUT2D eigenvalue weighted by Crippen LogP contribution is -2.34. The summed E-state index contributed by atoms with van der Waals surface area (Å²) in [5.74, 6) is 1.64. The highest BCUT2D eigenvalue weighted by Crippen LogP contribution is 2.34. The van der Waals surface area contributed by atoms with E-state index >= 15 is 0 Å². The molecule has 0 aliphatic heterocycles. The molecule has 1 aromatic rings. The Labute approximate surface area is 120 Å². The smallest absolute Gasteiger partial charge is 0.0453 e. The van der Waals surface area contributed by atoms with Gasteiger partial charge in [0.15, 0.2) is 0 Å². The van der Waals surface area contributed by atoms with Crippen molar-refractivity contribution in [2.45, 2.75) is 38.6 Å². The summed E-state index contributed by atoms with van der Waals surface area (Å²) in [6.45, 7) is 2.35. The second kappa shape index (κ2) is 6.27. The minimum Gasteiger partial charge on any atom is -0.316 e. The Balaban J connectivity index is 2.05. The molecule has 0 radical (unpaired) electrons. The van der Waals surface area contributed by atoms with Crippen molar-refractivity contribution in [2.75, 3.05) is 7.05 Å². The zero-order valence-corrected chi connectivity index (χ0v) is 12.6. The number of benzene rings is 1. The van der Waals surface area contributed by atoms with Crippen molar-refractivity contribution in [3.8, 4) is 0 Å². The summed E-state index contributed by atoms with van der Waals surface area (Å²) in [7, 11) is 2.05. The summed E-state index contributed by atoms with van der Waals surface area (Å²) >= 11 is 12.2. The Kier molecular flexibility index (Phi) is 4.94. The van der Waals surface area contributed by atoms with Crippen LogP contribution in [0.5, 0.6) is 0 Å². The van der Waals surface area contributed by atoms with Crippen LogP contribution in [0.4, 0.5) is 0 Å². The molecular formula is C15H21Cl2N. The second-order valence-corrected chi connectivity index (χ2v) is 6.36. The van der Waals surface area contributed by atoms with Crippen LogP contribution in [0.25, 0.3) is 0 Å². The topological polar surface area (TPSA) is 12.0 Å². The minimum absolute atomic E-state index is 0.522. The van der Waals surface area contributed by atoms with E-state index < -0.39 is 0 Å². The molecule has 3 unspecified atom stereocenters. The highest BCUT2D eigenvalue weighted by Gasteiger charge is 2.28. The predicted molar refractivity (Wildman–Crippen MR) is 79.5 cm³/mol. The van der Waals surface area contributed by atoms with Crippen LogP contribution in [-0.4, -0.2) is 13.1 Å². The van der Waals surface area contributed by atoms with Gasteiger partial charge in [0.1, 0.15) is 0 Å². The summed E-state index contributed by atoms with van der Waals surface area (Å²) in [6, 6.07) is 6.33. The minimum atomic E-state index is 0.522. The van der Waals surface area contributed by atoms with Gasteiger partial charge in [-0.15, -0.1) is 0 Å². The molecule has 0 saturated heterocycles. The third kappa shape index (κ3) is 3.40. The molecule has 1 saturated carbocycles. The van der Waals surface area contributed by atoms with Gasteiger partial charge >= 0.3 is 0 Å². The number of hydrogen-bond donors (Lipinski definition) is 1. The van der Waals surface area contributed by atoms with Gasteiger partial charge in [-0.3, -0.25) is 0 Å². The maximum absolute atomic E-state index is 6.25. The third-order valence-corrected chi connectivity index (χ3v) is 4.72. The molecule has 1 N–H and O–H groups in total. The zero-order chi connectivity index (χ0) is 13.1.